The highest BCUT2D eigenvalue weighted by Gasteiger charge is 2.46. The molecule has 0 aromatic carbocycles. The predicted molar refractivity (Wildman–Crippen MR) is 133 cm³/mol. The molecule has 1 aromatic heterocycles. The van der Waals surface area contributed by atoms with Gasteiger partial charge >= 0.3 is 6.09 Å². The van der Waals surface area contributed by atoms with Crippen LogP contribution in [-0.2, 0) is 9.47 Å². The molecule has 5 N–H and O–H groups in total. The fraction of sp³-hybridized carbons (Fsp3) is 0.850. The van der Waals surface area contributed by atoms with Crippen LogP contribution in [0.4, 0.5) is 9.93 Å². The van der Waals surface area contributed by atoms with Crippen LogP contribution in [0.1, 0.15) is 27.7 Å². The van der Waals surface area contributed by atoms with Gasteiger partial charge in [-0.05, 0) is 27.0 Å². The van der Waals surface area contributed by atoms with E-state index in [0.29, 0.717) is 26.2 Å². The molecule has 11 nitrogen and oxygen atoms in total. The molecule has 34 heavy (non-hydrogen) atoms. The third-order valence-corrected chi connectivity index (χ3v) is 8.79. The lowest BCUT2D eigenvalue weighted by molar-refractivity contribution is -0.202. The summed E-state index contributed by atoms with van der Waals surface area (Å²) in [6, 6.07) is -0.610. The van der Waals surface area contributed by atoms with Gasteiger partial charge in [-0.25, -0.2) is 4.79 Å². The van der Waals surface area contributed by atoms with Gasteiger partial charge in [-0.3, -0.25) is 0 Å². The molecule has 1 amide bonds. The fourth-order valence-corrected chi connectivity index (χ4v) is 6.58. The van der Waals surface area contributed by atoms with Gasteiger partial charge in [0.25, 0.3) is 0 Å². The molecule has 2 fully saturated rings. The molecule has 2 saturated heterocycles. The molecule has 2 aliphatic rings. The first-order chi connectivity index (χ1) is 15.9. The largest absolute Gasteiger partial charge is 0.444 e. The molecular weight excluding hydrogens is 502 g/mol. The summed E-state index contributed by atoms with van der Waals surface area (Å²) in [6.07, 6.45) is -3.18. The molecule has 2 unspecified atom stereocenters. The zero-order valence-electron chi connectivity index (χ0n) is 20.0. The van der Waals surface area contributed by atoms with E-state index in [1.54, 1.807) is 11.2 Å². The van der Waals surface area contributed by atoms with Crippen molar-refractivity contribution in [2.24, 2.45) is 5.73 Å². The Morgan fingerprint density at radius 3 is 2.41 bits per heavy atom. The summed E-state index contributed by atoms with van der Waals surface area (Å²) in [4.78, 5) is 16.0. The molecule has 194 valence electrons. The van der Waals surface area contributed by atoms with E-state index in [0.717, 1.165) is 9.47 Å². The Bertz CT molecular complexity index is 817. The molecule has 3 rings (SSSR count). The van der Waals surface area contributed by atoms with Gasteiger partial charge in [0.05, 0.1) is 0 Å². The van der Waals surface area contributed by atoms with Crippen molar-refractivity contribution in [3.63, 3.8) is 0 Å². The molecule has 0 radical (unpaired) electrons. The van der Waals surface area contributed by atoms with Crippen molar-refractivity contribution >= 4 is 46.1 Å². The number of amides is 1. The number of nitrogens with two attached hydrogens (primary N) is 1. The zero-order valence-corrected chi connectivity index (χ0v) is 22.5. The molecule has 0 spiro atoms. The number of piperazine rings is 1. The molecule has 0 bridgehead atoms. The highest BCUT2D eigenvalue weighted by Crippen LogP contribution is 2.35. The van der Waals surface area contributed by atoms with E-state index in [9.17, 15) is 20.1 Å². The number of ether oxygens (including phenoxy) is 2. The van der Waals surface area contributed by atoms with Crippen molar-refractivity contribution in [1.82, 2.24) is 15.1 Å². The molecular formula is C20H35N5O6S3. The van der Waals surface area contributed by atoms with E-state index in [-0.39, 0.29) is 11.3 Å². The van der Waals surface area contributed by atoms with Gasteiger partial charge < -0.3 is 40.3 Å². The molecule has 7 atom stereocenters. The van der Waals surface area contributed by atoms with Gasteiger partial charge in [-0.2, -0.15) is 0 Å². The van der Waals surface area contributed by atoms with Crippen LogP contribution in [-0.4, -0.2) is 116 Å². The normalized spacial score (nSPS) is 30.2. The Labute approximate surface area is 212 Å². The summed E-state index contributed by atoms with van der Waals surface area (Å²) in [5.74, 6) is 0. The maximum Gasteiger partial charge on any atom is 0.410 e. The topological polar surface area (TPSA) is 154 Å². The second kappa shape index (κ2) is 11.5. The number of carbonyl (C=O) groups is 1. The monoisotopic (exact) mass is 537 g/mol. The van der Waals surface area contributed by atoms with Gasteiger partial charge in [-0.15, -0.1) is 22.0 Å². The van der Waals surface area contributed by atoms with Gasteiger partial charge in [0, 0.05) is 37.5 Å². The molecule has 3 heterocycles. The van der Waals surface area contributed by atoms with Gasteiger partial charge in [-0.1, -0.05) is 30.0 Å². The van der Waals surface area contributed by atoms with E-state index in [2.05, 4.69) is 15.1 Å². The number of carbonyl (C=O) groups excluding carboxylic acids is 1. The van der Waals surface area contributed by atoms with E-state index >= 15 is 0 Å². The quantitative estimate of drug-likeness (QED) is 0.375. The van der Waals surface area contributed by atoms with Crippen molar-refractivity contribution in [3.8, 4) is 0 Å². The number of anilines is 1. The van der Waals surface area contributed by atoms with Crippen LogP contribution in [0.15, 0.2) is 4.34 Å². The maximum absolute atomic E-state index is 12.3. The SMILES string of the molecule is CSC1O[C@H]([C@H](N)[C@H](C)Sc2nnc(N3CCN(C(=O)OC(C)(C)C)CC3)s2)C(O)[C@@H](O)[C@H]1O. The van der Waals surface area contributed by atoms with Crippen LogP contribution in [0.2, 0.25) is 0 Å². The third kappa shape index (κ3) is 6.66. The lowest BCUT2D eigenvalue weighted by atomic mass is 9.94. The Balaban J connectivity index is 1.54. The minimum Gasteiger partial charge on any atom is -0.444 e. The standard InChI is InChI=1S/C20H35N5O6S3/c1-10(11(21)15-13(27)12(26)14(28)16(30-15)32-5)33-18-23-22-17(34-18)24-6-8-25(9-7-24)19(29)31-20(2,3)4/h10-16,26-28H,6-9,21H2,1-5H3/t10-,11+,12+,13?,14+,15+,16?/m0/s1. The van der Waals surface area contributed by atoms with Gasteiger partial charge in [0.2, 0.25) is 5.13 Å². The van der Waals surface area contributed by atoms with Crippen LogP contribution in [0.3, 0.4) is 0 Å². The summed E-state index contributed by atoms with van der Waals surface area (Å²) >= 11 is 4.12. The Morgan fingerprint density at radius 1 is 1.18 bits per heavy atom. The summed E-state index contributed by atoms with van der Waals surface area (Å²) in [7, 11) is 0. The van der Waals surface area contributed by atoms with Crippen molar-refractivity contribution < 1.29 is 29.6 Å². The van der Waals surface area contributed by atoms with E-state index < -0.39 is 41.5 Å². The molecule has 0 aliphatic carbocycles. The maximum atomic E-state index is 12.3. The van der Waals surface area contributed by atoms with Crippen LogP contribution in [0.25, 0.3) is 0 Å². The number of hydrogen-bond acceptors (Lipinski definition) is 13. The minimum atomic E-state index is -1.33. The Kier molecular flexibility index (Phi) is 9.34. The summed E-state index contributed by atoms with van der Waals surface area (Å²) in [6.45, 7) is 9.79. The molecule has 2 aliphatic heterocycles. The molecule has 14 heteroatoms. The van der Waals surface area contributed by atoms with E-state index in [1.165, 1.54) is 34.9 Å². The van der Waals surface area contributed by atoms with E-state index in [4.69, 9.17) is 15.2 Å². The number of aliphatic hydroxyl groups is 3. The van der Waals surface area contributed by atoms with Crippen molar-refractivity contribution in [1.29, 1.82) is 0 Å². The average Bonchev–Trinajstić information content (AvgIpc) is 3.24. The lowest BCUT2D eigenvalue weighted by Gasteiger charge is -2.43. The molecule has 1 aromatic rings. The number of aliphatic hydroxyl groups excluding tert-OH is 3. The van der Waals surface area contributed by atoms with Gasteiger partial charge in [0.1, 0.15) is 35.5 Å². The lowest BCUT2D eigenvalue weighted by Crippen LogP contribution is -2.62. The van der Waals surface area contributed by atoms with Crippen molar-refractivity contribution in [3.05, 3.63) is 0 Å². The minimum absolute atomic E-state index is 0.200. The van der Waals surface area contributed by atoms with E-state index in [1.807, 2.05) is 27.7 Å². The van der Waals surface area contributed by atoms with Gasteiger partial charge in [0.15, 0.2) is 4.34 Å². The first-order valence-corrected chi connectivity index (χ1v) is 14.1. The summed E-state index contributed by atoms with van der Waals surface area (Å²) < 4.78 is 12.0. The Hall–Kier alpha value is -0.870. The number of rotatable bonds is 6. The predicted octanol–water partition coefficient (Wildman–Crippen LogP) is 0.574. The number of aromatic nitrogens is 2. The van der Waals surface area contributed by atoms with Crippen LogP contribution in [0, 0.1) is 0 Å². The first-order valence-electron chi connectivity index (χ1n) is 11.1. The Morgan fingerprint density at radius 2 is 1.82 bits per heavy atom. The third-order valence-electron chi connectivity index (χ3n) is 5.64. The van der Waals surface area contributed by atoms with Crippen LogP contribution in [0.5, 0.6) is 0 Å². The molecule has 0 saturated carbocycles. The second-order valence-corrected chi connectivity index (χ2v) is 12.9. The first kappa shape index (κ1) is 27.7. The fourth-order valence-electron chi connectivity index (χ4n) is 3.68. The number of thioether (sulfide) groups is 2. The average molecular weight is 538 g/mol. The number of nitrogens with zero attached hydrogens (tertiary/aromatic N) is 4. The summed E-state index contributed by atoms with van der Waals surface area (Å²) in [5, 5.41) is 39.8. The highest BCUT2D eigenvalue weighted by molar-refractivity contribution is 8.01. The zero-order chi connectivity index (χ0) is 25.2. The number of hydrogen-bond donors (Lipinski definition) is 4. The smallest absolute Gasteiger partial charge is 0.410 e. The second-order valence-electron chi connectivity index (χ2n) is 9.38. The highest BCUT2D eigenvalue weighted by atomic mass is 32.2. The van der Waals surface area contributed by atoms with Crippen molar-refractivity contribution in [2.75, 3.05) is 37.3 Å². The van der Waals surface area contributed by atoms with Crippen LogP contribution >= 0.6 is 34.9 Å². The van der Waals surface area contributed by atoms with Crippen molar-refractivity contribution in [2.45, 2.75) is 78.8 Å². The summed E-state index contributed by atoms with van der Waals surface area (Å²) in [5.41, 5.74) is 5.19. The van der Waals surface area contributed by atoms with Crippen LogP contribution < -0.4 is 10.6 Å².